The number of rotatable bonds is 1. The van der Waals surface area contributed by atoms with Gasteiger partial charge in [0, 0.05) is 0 Å². The minimum Gasteiger partial charge on any atom is -0.462 e. The molecule has 0 aromatic carbocycles. The van der Waals surface area contributed by atoms with Crippen molar-refractivity contribution in [1.82, 2.24) is 0 Å². The van der Waals surface area contributed by atoms with Crippen LogP contribution in [0.5, 0.6) is 0 Å². The van der Waals surface area contributed by atoms with E-state index in [-0.39, 0.29) is 6.10 Å². The monoisotopic (exact) mass is 112 g/mol. The van der Waals surface area contributed by atoms with Crippen LogP contribution in [0.3, 0.4) is 0 Å². The van der Waals surface area contributed by atoms with E-state index in [0.29, 0.717) is 12.6 Å². The molecule has 2 heteroatoms. The predicted molar refractivity (Wildman–Crippen MR) is 30.2 cm³/mol. The standard InChI is InChI=1S/C6H8O2/c1-3-6-4-7-5(2)8-6/h3,6H,1-2,4H2. The molecule has 0 N–H and O–H groups in total. The zero-order valence-electron chi connectivity index (χ0n) is 4.59. The lowest BCUT2D eigenvalue weighted by Crippen LogP contribution is -2.02. The fourth-order valence-corrected chi connectivity index (χ4v) is 0.528. The van der Waals surface area contributed by atoms with Gasteiger partial charge in [-0.3, -0.25) is 0 Å². The topological polar surface area (TPSA) is 18.5 Å². The van der Waals surface area contributed by atoms with Crippen molar-refractivity contribution in [1.29, 1.82) is 0 Å². The average Bonchev–Trinajstić information content (AvgIpc) is 2.14. The van der Waals surface area contributed by atoms with Crippen LogP contribution in [0.4, 0.5) is 0 Å². The van der Waals surface area contributed by atoms with E-state index in [9.17, 15) is 0 Å². The van der Waals surface area contributed by atoms with Crippen molar-refractivity contribution in [3.63, 3.8) is 0 Å². The Hall–Kier alpha value is -0.920. The van der Waals surface area contributed by atoms with E-state index >= 15 is 0 Å². The van der Waals surface area contributed by atoms with Gasteiger partial charge < -0.3 is 9.47 Å². The van der Waals surface area contributed by atoms with E-state index in [4.69, 9.17) is 9.47 Å². The van der Waals surface area contributed by atoms with E-state index in [1.807, 2.05) is 0 Å². The third kappa shape index (κ3) is 0.832. The highest BCUT2D eigenvalue weighted by molar-refractivity contribution is 4.89. The molecule has 1 aliphatic heterocycles. The second kappa shape index (κ2) is 1.90. The van der Waals surface area contributed by atoms with E-state index in [2.05, 4.69) is 13.2 Å². The van der Waals surface area contributed by atoms with Gasteiger partial charge in [0.25, 0.3) is 5.95 Å². The van der Waals surface area contributed by atoms with E-state index in [1.54, 1.807) is 6.08 Å². The quantitative estimate of drug-likeness (QED) is 0.472. The molecule has 0 amide bonds. The Kier molecular flexibility index (Phi) is 1.24. The largest absolute Gasteiger partial charge is 0.462 e. The first kappa shape index (κ1) is 5.22. The van der Waals surface area contributed by atoms with Crippen molar-refractivity contribution in [2.45, 2.75) is 6.10 Å². The molecule has 0 aromatic rings. The number of ether oxygens (including phenoxy) is 2. The lowest BCUT2D eigenvalue weighted by atomic mass is 10.4. The lowest BCUT2D eigenvalue weighted by Gasteiger charge is -1.95. The Morgan fingerprint density at radius 1 is 1.75 bits per heavy atom. The van der Waals surface area contributed by atoms with Crippen LogP contribution in [0, 0.1) is 0 Å². The fourth-order valence-electron chi connectivity index (χ4n) is 0.528. The maximum atomic E-state index is 4.98. The molecule has 1 atom stereocenters. The van der Waals surface area contributed by atoms with Gasteiger partial charge in [0.2, 0.25) is 0 Å². The summed E-state index contributed by atoms with van der Waals surface area (Å²) in [6.07, 6.45) is 1.71. The van der Waals surface area contributed by atoms with Gasteiger partial charge in [-0.25, -0.2) is 0 Å². The smallest absolute Gasteiger partial charge is 0.272 e. The Morgan fingerprint density at radius 2 is 2.50 bits per heavy atom. The minimum atomic E-state index is 0.0162. The molecular weight excluding hydrogens is 104 g/mol. The summed E-state index contributed by atoms with van der Waals surface area (Å²) in [5.74, 6) is 0.398. The molecule has 1 aliphatic rings. The second-order valence-corrected chi connectivity index (χ2v) is 1.58. The molecule has 0 aromatic heterocycles. The Morgan fingerprint density at radius 3 is 2.75 bits per heavy atom. The summed E-state index contributed by atoms with van der Waals surface area (Å²) in [4.78, 5) is 0. The van der Waals surface area contributed by atoms with E-state index in [1.165, 1.54) is 0 Å². The Labute approximate surface area is 48.4 Å². The summed E-state index contributed by atoms with van der Waals surface area (Å²) < 4.78 is 9.84. The Balaban J connectivity index is 2.43. The highest BCUT2D eigenvalue weighted by atomic mass is 16.7. The van der Waals surface area contributed by atoms with Gasteiger partial charge in [0.05, 0.1) is 0 Å². The molecule has 0 bridgehead atoms. The first-order valence-corrected chi connectivity index (χ1v) is 2.44. The third-order valence-corrected chi connectivity index (χ3v) is 0.954. The molecular formula is C6H8O2. The van der Waals surface area contributed by atoms with Crippen LogP contribution in [0.25, 0.3) is 0 Å². The van der Waals surface area contributed by atoms with E-state index in [0.717, 1.165) is 0 Å². The predicted octanol–water partition coefficient (Wildman–Crippen LogP) is 1.06. The lowest BCUT2D eigenvalue weighted by molar-refractivity contribution is 0.162. The zero-order valence-corrected chi connectivity index (χ0v) is 4.59. The van der Waals surface area contributed by atoms with Gasteiger partial charge in [0.1, 0.15) is 6.61 Å². The molecule has 0 saturated carbocycles. The first-order chi connectivity index (χ1) is 3.83. The first-order valence-electron chi connectivity index (χ1n) is 2.44. The second-order valence-electron chi connectivity index (χ2n) is 1.58. The highest BCUT2D eigenvalue weighted by Crippen LogP contribution is 2.12. The molecule has 1 saturated heterocycles. The van der Waals surface area contributed by atoms with Crippen molar-refractivity contribution in [3.05, 3.63) is 25.2 Å². The molecule has 1 fully saturated rings. The molecule has 0 aliphatic carbocycles. The van der Waals surface area contributed by atoms with Gasteiger partial charge >= 0.3 is 0 Å². The van der Waals surface area contributed by atoms with Crippen LogP contribution in [-0.2, 0) is 9.47 Å². The van der Waals surface area contributed by atoms with Gasteiger partial charge in [-0.2, -0.15) is 0 Å². The van der Waals surface area contributed by atoms with Crippen molar-refractivity contribution in [2.75, 3.05) is 6.61 Å². The summed E-state index contributed by atoms with van der Waals surface area (Å²) in [5, 5.41) is 0. The van der Waals surface area contributed by atoms with Crippen molar-refractivity contribution in [2.24, 2.45) is 0 Å². The molecule has 0 radical (unpaired) electrons. The molecule has 2 nitrogen and oxygen atoms in total. The summed E-state index contributed by atoms with van der Waals surface area (Å²) in [7, 11) is 0. The number of hydrogen-bond acceptors (Lipinski definition) is 2. The molecule has 0 spiro atoms. The van der Waals surface area contributed by atoms with Crippen LogP contribution in [0.2, 0.25) is 0 Å². The van der Waals surface area contributed by atoms with Crippen LogP contribution >= 0.6 is 0 Å². The summed E-state index contributed by atoms with van der Waals surface area (Å²) in [6, 6.07) is 0. The van der Waals surface area contributed by atoms with Crippen LogP contribution in [-0.4, -0.2) is 12.7 Å². The van der Waals surface area contributed by atoms with E-state index < -0.39 is 0 Å². The summed E-state index contributed by atoms with van der Waals surface area (Å²) >= 11 is 0. The minimum absolute atomic E-state index is 0.0162. The van der Waals surface area contributed by atoms with Crippen LogP contribution < -0.4 is 0 Å². The van der Waals surface area contributed by atoms with Crippen molar-refractivity contribution in [3.8, 4) is 0 Å². The fraction of sp³-hybridized carbons (Fsp3) is 0.333. The SMILES string of the molecule is C=CC1COC(=C)O1. The molecule has 44 valence electrons. The van der Waals surface area contributed by atoms with Gasteiger partial charge in [-0.05, 0) is 12.7 Å². The Bertz CT molecular complexity index is 118. The zero-order chi connectivity index (χ0) is 5.98. The normalized spacial score (nSPS) is 26.5. The van der Waals surface area contributed by atoms with Gasteiger partial charge in [-0.1, -0.05) is 6.58 Å². The van der Waals surface area contributed by atoms with Crippen LogP contribution in [0.15, 0.2) is 25.2 Å². The van der Waals surface area contributed by atoms with Crippen LogP contribution in [0.1, 0.15) is 0 Å². The molecule has 1 rings (SSSR count). The maximum Gasteiger partial charge on any atom is 0.272 e. The third-order valence-electron chi connectivity index (χ3n) is 0.954. The van der Waals surface area contributed by atoms with Gasteiger partial charge in [0.15, 0.2) is 6.10 Å². The maximum absolute atomic E-state index is 4.98. The van der Waals surface area contributed by atoms with Gasteiger partial charge in [-0.15, -0.1) is 0 Å². The highest BCUT2D eigenvalue weighted by Gasteiger charge is 2.15. The average molecular weight is 112 g/mol. The van der Waals surface area contributed by atoms with Crippen molar-refractivity contribution < 1.29 is 9.47 Å². The summed E-state index contributed by atoms with van der Waals surface area (Å²) in [5.41, 5.74) is 0. The molecule has 1 heterocycles. The number of hydrogen-bond donors (Lipinski definition) is 0. The summed E-state index contributed by atoms with van der Waals surface area (Å²) in [6.45, 7) is 7.55. The molecule has 8 heavy (non-hydrogen) atoms. The molecule has 1 unspecified atom stereocenters. The van der Waals surface area contributed by atoms with Crippen molar-refractivity contribution >= 4 is 0 Å².